The van der Waals surface area contributed by atoms with Crippen LogP contribution >= 0.6 is 0 Å². The van der Waals surface area contributed by atoms with E-state index in [1.54, 1.807) is 6.07 Å². The maximum absolute atomic E-state index is 15.8. The van der Waals surface area contributed by atoms with Gasteiger partial charge in [0.2, 0.25) is 18.3 Å². The topological polar surface area (TPSA) is 98.5 Å². The molecular formula is C31H41FN2O4SSi. The van der Waals surface area contributed by atoms with Crippen LogP contribution in [-0.4, -0.2) is 29.4 Å². The van der Waals surface area contributed by atoms with Crippen molar-refractivity contribution in [2.45, 2.75) is 70.2 Å². The highest BCUT2D eigenvalue weighted by molar-refractivity contribution is 7.91. The lowest BCUT2D eigenvalue weighted by atomic mass is 9.71. The summed E-state index contributed by atoms with van der Waals surface area (Å²) in [5.74, 6) is -0.873. The summed E-state index contributed by atoms with van der Waals surface area (Å²) in [5, 5.41) is 1.22. The van der Waals surface area contributed by atoms with Crippen LogP contribution in [0, 0.1) is 11.2 Å². The summed E-state index contributed by atoms with van der Waals surface area (Å²) < 4.78 is 52.2. The summed E-state index contributed by atoms with van der Waals surface area (Å²) >= 11 is 0. The lowest BCUT2D eigenvalue weighted by Crippen LogP contribution is -2.74. The summed E-state index contributed by atoms with van der Waals surface area (Å²) in [7, 11) is -7.59. The van der Waals surface area contributed by atoms with Crippen LogP contribution in [0.15, 0.2) is 83.8 Å². The van der Waals surface area contributed by atoms with Crippen molar-refractivity contribution >= 4 is 34.7 Å². The van der Waals surface area contributed by atoms with Crippen molar-refractivity contribution < 1.29 is 22.3 Å². The van der Waals surface area contributed by atoms with Crippen LogP contribution in [0.5, 0.6) is 0 Å². The molecule has 0 radical (unpaired) electrons. The van der Waals surface area contributed by atoms with Crippen LogP contribution in [0.4, 0.5) is 9.18 Å². The number of carbonyl (C=O) groups is 1. The Hall–Kier alpha value is -3.01. The van der Waals surface area contributed by atoms with E-state index in [1.165, 1.54) is 12.1 Å². The number of rotatable bonds is 9. The van der Waals surface area contributed by atoms with Gasteiger partial charge in [-0.2, -0.15) is 0 Å². The molecule has 6 nitrogen and oxygen atoms in total. The van der Waals surface area contributed by atoms with Crippen LogP contribution in [0.2, 0.25) is 5.04 Å². The molecular weight excluding hydrogens is 544 g/mol. The van der Waals surface area contributed by atoms with Gasteiger partial charge in [-0.3, -0.25) is 0 Å². The molecule has 9 heteroatoms. The Morgan fingerprint density at radius 3 is 1.77 bits per heavy atom. The lowest BCUT2D eigenvalue weighted by Gasteiger charge is -2.43. The molecule has 0 heterocycles. The van der Waals surface area contributed by atoms with Gasteiger partial charge in [0.25, 0.3) is 0 Å². The second kappa shape index (κ2) is 11.5. The largest absolute Gasteiger partial charge is 0.449 e. The molecule has 3 rings (SSSR count). The minimum Gasteiger partial charge on any atom is -0.449 e. The van der Waals surface area contributed by atoms with Crippen molar-refractivity contribution in [1.82, 2.24) is 4.39 Å². The number of sulfonamides is 1. The predicted molar refractivity (Wildman–Crippen MR) is 161 cm³/mol. The molecule has 3 aromatic carbocycles. The first-order chi connectivity index (χ1) is 18.4. The monoisotopic (exact) mass is 584 g/mol. The van der Waals surface area contributed by atoms with Gasteiger partial charge >= 0.3 is 6.09 Å². The van der Waals surface area contributed by atoms with Gasteiger partial charge in [-0.25, -0.2) is 22.0 Å². The van der Waals surface area contributed by atoms with Crippen LogP contribution in [-0.2, 0) is 20.2 Å². The highest BCUT2D eigenvalue weighted by Crippen LogP contribution is 2.39. The third-order valence-corrected chi connectivity index (χ3v) is 15.1. The molecule has 1 atom stereocenters. The number of hydrogen-bond donors (Lipinski definition) is 2. The van der Waals surface area contributed by atoms with E-state index in [2.05, 4.69) is 4.39 Å². The van der Waals surface area contributed by atoms with E-state index in [1.807, 2.05) is 109 Å². The van der Waals surface area contributed by atoms with Crippen molar-refractivity contribution in [3.05, 3.63) is 90.2 Å². The maximum atomic E-state index is 15.8. The molecule has 0 aliphatic heterocycles. The van der Waals surface area contributed by atoms with Gasteiger partial charge in [0, 0.05) is 5.41 Å². The zero-order valence-electron chi connectivity index (χ0n) is 24.4. The Kier molecular flexibility index (Phi) is 9.03. The van der Waals surface area contributed by atoms with E-state index >= 15 is 4.39 Å². The molecule has 0 saturated carbocycles. The smallest absolute Gasteiger partial charge is 0.404 e. The third kappa shape index (κ3) is 6.82. The minimum atomic E-state index is -4.32. The lowest BCUT2D eigenvalue weighted by molar-refractivity contribution is 0.109. The maximum Gasteiger partial charge on any atom is 0.404 e. The number of ether oxygens (including phenoxy) is 1. The number of halogens is 1. The Bertz CT molecular complexity index is 1400. The first kappa shape index (κ1) is 31.5. The van der Waals surface area contributed by atoms with Gasteiger partial charge in [-0.05, 0) is 44.9 Å². The van der Waals surface area contributed by atoms with Gasteiger partial charge < -0.3 is 10.5 Å². The summed E-state index contributed by atoms with van der Waals surface area (Å²) in [6, 6.07) is 23.2. The van der Waals surface area contributed by atoms with Crippen molar-refractivity contribution in [2.24, 2.45) is 11.1 Å². The fourth-order valence-electron chi connectivity index (χ4n) is 5.67. The van der Waals surface area contributed by atoms with E-state index in [-0.39, 0.29) is 12.0 Å². The second-order valence-corrected chi connectivity index (χ2v) is 19.3. The fourth-order valence-corrected chi connectivity index (χ4v) is 13.9. The Morgan fingerprint density at radius 2 is 1.38 bits per heavy atom. The second-order valence-electron chi connectivity index (χ2n) is 12.9. The standard InChI is InChI=1S/C31H41FN2O4SSi/c1-29(2,3)21-31(7,22-38-28(33)35)23-18-19-27(26(32)20-23)39(36,37)34-40(30(4,5)6,24-14-10-8-11-15-24)25-16-12-9-13-17-25/h8-20,34H,21-22H2,1-7H3,(H2,33,35). The van der Waals surface area contributed by atoms with Gasteiger partial charge in [0.05, 0.1) is 0 Å². The first-order valence-electron chi connectivity index (χ1n) is 13.3. The van der Waals surface area contributed by atoms with E-state index in [0.29, 0.717) is 12.0 Å². The van der Waals surface area contributed by atoms with Crippen molar-refractivity contribution in [1.29, 1.82) is 0 Å². The fraction of sp³-hybridized carbons (Fsp3) is 0.387. The molecule has 1 amide bonds. The van der Waals surface area contributed by atoms with Gasteiger partial charge in [-0.15, -0.1) is 0 Å². The SMILES string of the molecule is CC(C)(C)CC(C)(COC(N)=O)c1ccc(S(=O)(=O)N[Si](c2ccccc2)(c2ccccc2)C(C)(C)C)c(F)c1. The molecule has 3 aromatic rings. The van der Waals surface area contributed by atoms with Crippen molar-refractivity contribution in [3.63, 3.8) is 0 Å². The highest BCUT2D eigenvalue weighted by Gasteiger charge is 2.51. The predicted octanol–water partition coefficient (Wildman–Crippen LogP) is 5.45. The summed E-state index contributed by atoms with van der Waals surface area (Å²) in [6.07, 6.45) is -0.381. The first-order valence-corrected chi connectivity index (χ1v) is 16.8. The molecule has 0 aromatic heterocycles. The van der Waals surface area contributed by atoms with Gasteiger partial charge in [-0.1, -0.05) is 115 Å². The Balaban J connectivity index is 2.16. The summed E-state index contributed by atoms with van der Waals surface area (Å²) in [4.78, 5) is 11.0. The molecule has 0 bridgehead atoms. The average Bonchev–Trinajstić information content (AvgIpc) is 2.85. The highest BCUT2D eigenvalue weighted by atomic mass is 32.2. The van der Waals surface area contributed by atoms with Gasteiger partial charge in [0.15, 0.2) is 0 Å². The quantitative estimate of drug-likeness (QED) is 0.327. The van der Waals surface area contributed by atoms with E-state index in [4.69, 9.17) is 10.5 Å². The van der Waals surface area contributed by atoms with Gasteiger partial charge in [0.1, 0.15) is 17.3 Å². The van der Waals surface area contributed by atoms with Crippen molar-refractivity contribution in [3.8, 4) is 0 Å². The van der Waals surface area contributed by atoms with Crippen LogP contribution in [0.3, 0.4) is 0 Å². The molecule has 216 valence electrons. The van der Waals surface area contributed by atoms with E-state index < -0.39 is 45.5 Å². The number of benzene rings is 3. The van der Waals surface area contributed by atoms with Crippen LogP contribution in [0.1, 0.15) is 60.5 Å². The number of carbonyl (C=O) groups excluding carboxylic acids is 1. The Labute approximate surface area is 239 Å². The number of primary amides is 1. The number of nitrogens with one attached hydrogen (secondary N) is 1. The van der Waals surface area contributed by atoms with Crippen LogP contribution < -0.4 is 20.5 Å². The minimum absolute atomic E-state index is 0.0640. The van der Waals surface area contributed by atoms with Crippen LogP contribution in [0.25, 0.3) is 0 Å². The summed E-state index contributed by atoms with van der Waals surface area (Å²) in [6.45, 7) is 13.9. The number of amides is 1. The molecule has 0 spiro atoms. The number of nitrogens with two attached hydrogens (primary N) is 1. The molecule has 0 fully saturated rings. The van der Waals surface area contributed by atoms with E-state index in [0.717, 1.165) is 10.4 Å². The molecule has 0 aliphatic carbocycles. The molecule has 0 aliphatic rings. The normalized spacial score (nSPS) is 14.4. The average molecular weight is 585 g/mol. The molecule has 40 heavy (non-hydrogen) atoms. The zero-order chi connectivity index (χ0) is 30.0. The Morgan fingerprint density at radius 1 is 0.875 bits per heavy atom. The third-order valence-electron chi connectivity index (χ3n) is 7.20. The van der Waals surface area contributed by atoms with E-state index in [9.17, 15) is 13.2 Å². The molecule has 0 saturated heterocycles. The van der Waals surface area contributed by atoms with Crippen molar-refractivity contribution in [2.75, 3.05) is 6.61 Å². The molecule has 3 N–H and O–H groups in total. The number of hydrogen-bond acceptors (Lipinski definition) is 4. The summed E-state index contributed by atoms with van der Waals surface area (Å²) in [5.41, 5.74) is 4.76. The molecule has 1 unspecified atom stereocenters. The zero-order valence-corrected chi connectivity index (χ0v) is 26.2.